The summed E-state index contributed by atoms with van der Waals surface area (Å²) in [5, 5.41) is 10.5. The van der Waals surface area contributed by atoms with Gasteiger partial charge in [-0.2, -0.15) is 0 Å². The van der Waals surface area contributed by atoms with Gasteiger partial charge in [-0.1, -0.05) is 279 Å². The van der Waals surface area contributed by atoms with E-state index in [0.29, 0.717) is 25.7 Å². The van der Waals surface area contributed by atoms with Crippen molar-refractivity contribution >= 4 is 39.5 Å². The highest BCUT2D eigenvalue weighted by Gasteiger charge is 2.30. The van der Waals surface area contributed by atoms with Gasteiger partial charge in [0.1, 0.15) is 19.3 Å². The molecule has 3 N–H and O–H groups in total. The number of phosphoric acid groups is 2. The molecule has 0 aromatic carbocycles. The van der Waals surface area contributed by atoms with Crippen molar-refractivity contribution in [3.63, 3.8) is 0 Å². The SMILES string of the molecule is CCCCCCCCCCCCC(=O)OC[C@H](COP(=O)(O)OC[C@H](O)COP(=O)(O)OC[C@@H](COC(=O)CCCCCCCCCCCC)OC(=O)CCCCCCCCCCCCCC(C)C)OC(=O)CCCCCCCCCCCC. The maximum Gasteiger partial charge on any atom is 0.472 e. The fourth-order valence-corrected chi connectivity index (χ4v) is 11.3. The van der Waals surface area contributed by atoms with E-state index in [4.69, 9.17) is 37.0 Å². The summed E-state index contributed by atoms with van der Waals surface area (Å²) in [5.41, 5.74) is 0. The normalized spacial score (nSPS) is 14.2. The highest BCUT2D eigenvalue weighted by molar-refractivity contribution is 7.47. The minimum Gasteiger partial charge on any atom is -0.462 e. The van der Waals surface area contributed by atoms with E-state index in [1.807, 2.05) is 0 Å². The van der Waals surface area contributed by atoms with Gasteiger partial charge < -0.3 is 33.8 Å². The zero-order valence-electron chi connectivity index (χ0n) is 54.0. The molecule has 0 aromatic heterocycles. The molecule has 5 atom stereocenters. The van der Waals surface area contributed by atoms with E-state index >= 15 is 0 Å². The molecule has 0 saturated carbocycles. The third-order valence-corrected chi connectivity index (χ3v) is 16.9. The van der Waals surface area contributed by atoms with Crippen LogP contribution < -0.4 is 0 Å². The summed E-state index contributed by atoms with van der Waals surface area (Å²) in [6.45, 7) is 7.18. The van der Waals surface area contributed by atoms with Crippen LogP contribution in [0.3, 0.4) is 0 Å². The second-order valence-corrected chi connectivity index (χ2v) is 26.9. The van der Waals surface area contributed by atoms with E-state index in [2.05, 4.69) is 34.6 Å². The van der Waals surface area contributed by atoms with E-state index in [1.165, 1.54) is 154 Å². The van der Waals surface area contributed by atoms with Gasteiger partial charge in [0.05, 0.1) is 26.4 Å². The molecule has 2 unspecified atom stereocenters. The first-order chi connectivity index (χ1) is 40.5. The van der Waals surface area contributed by atoms with E-state index in [9.17, 15) is 43.2 Å². The Hall–Kier alpha value is -1.94. The highest BCUT2D eigenvalue weighted by atomic mass is 31.2. The fourth-order valence-electron chi connectivity index (χ4n) is 9.76. The van der Waals surface area contributed by atoms with Crippen molar-refractivity contribution in [1.82, 2.24) is 0 Å². The van der Waals surface area contributed by atoms with Crippen molar-refractivity contribution < 1.29 is 80.2 Å². The summed E-state index contributed by atoms with van der Waals surface area (Å²) in [7, 11) is -9.88. The first kappa shape index (κ1) is 82.1. The molecule has 0 saturated heterocycles. The third kappa shape index (κ3) is 59.0. The lowest BCUT2D eigenvalue weighted by molar-refractivity contribution is -0.161. The van der Waals surface area contributed by atoms with E-state index in [0.717, 1.165) is 95.8 Å². The van der Waals surface area contributed by atoms with Gasteiger partial charge in [-0.25, -0.2) is 9.13 Å². The molecule has 0 aliphatic rings. The van der Waals surface area contributed by atoms with Crippen molar-refractivity contribution in [3.8, 4) is 0 Å². The molecule has 0 fully saturated rings. The second kappa shape index (κ2) is 58.7. The van der Waals surface area contributed by atoms with Gasteiger partial charge in [-0.3, -0.25) is 37.3 Å². The molecular formula is C65H126O17P2. The number of rotatable bonds is 65. The minimum absolute atomic E-state index is 0.107. The van der Waals surface area contributed by atoms with Crippen LogP contribution in [-0.2, 0) is 65.4 Å². The Balaban J connectivity index is 5.23. The van der Waals surface area contributed by atoms with Gasteiger partial charge in [0.2, 0.25) is 0 Å². The lowest BCUT2D eigenvalue weighted by atomic mass is 10.0. The van der Waals surface area contributed by atoms with Crippen LogP contribution in [0.5, 0.6) is 0 Å². The molecule has 0 bridgehead atoms. The van der Waals surface area contributed by atoms with Gasteiger partial charge in [0, 0.05) is 25.7 Å². The maximum absolute atomic E-state index is 13.0. The average molecular weight is 1240 g/mol. The Morgan fingerprint density at radius 2 is 0.548 bits per heavy atom. The number of phosphoric ester groups is 2. The van der Waals surface area contributed by atoms with Crippen LogP contribution in [0.25, 0.3) is 0 Å². The smallest absolute Gasteiger partial charge is 0.462 e. The van der Waals surface area contributed by atoms with Crippen LogP contribution in [0.1, 0.15) is 330 Å². The predicted molar refractivity (Wildman–Crippen MR) is 335 cm³/mol. The van der Waals surface area contributed by atoms with Crippen molar-refractivity contribution in [2.45, 2.75) is 348 Å². The number of hydrogen-bond acceptors (Lipinski definition) is 15. The molecule has 0 spiro atoms. The van der Waals surface area contributed by atoms with Crippen LogP contribution in [0.2, 0.25) is 0 Å². The molecule has 0 amide bonds. The standard InChI is InChI=1S/C65H126O17P2/c1-6-9-12-15-18-21-28-33-38-43-48-62(67)75-54-60(81-64(69)50-45-40-35-30-23-20-17-14-11-8-3)56-79-83(71,72)77-52-59(66)53-78-84(73,74)80-57-61(55-76-63(68)49-44-39-34-29-22-19-16-13-10-7-2)82-65(70)51-46-41-36-31-26-24-25-27-32-37-42-47-58(4)5/h58-61,66H,6-57H2,1-5H3,(H,71,72)(H,73,74)/t59-,60+,61+/m0/s1. The summed E-state index contributed by atoms with van der Waals surface area (Å²) in [5.74, 6) is -1.36. The van der Waals surface area contributed by atoms with Gasteiger partial charge in [0.15, 0.2) is 12.2 Å². The zero-order valence-corrected chi connectivity index (χ0v) is 55.8. The van der Waals surface area contributed by atoms with Crippen molar-refractivity contribution in [2.24, 2.45) is 5.92 Å². The molecular weight excluding hydrogens is 1110 g/mol. The number of carbonyl (C=O) groups excluding carboxylic acids is 4. The van der Waals surface area contributed by atoms with Crippen LogP contribution in [0.4, 0.5) is 0 Å². The van der Waals surface area contributed by atoms with E-state index in [-0.39, 0.29) is 25.7 Å². The van der Waals surface area contributed by atoms with Crippen molar-refractivity contribution in [1.29, 1.82) is 0 Å². The number of aliphatic hydroxyl groups is 1. The lowest BCUT2D eigenvalue weighted by Crippen LogP contribution is -2.30. The number of ether oxygens (including phenoxy) is 4. The molecule has 0 heterocycles. The minimum atomic E-state index is -4.94. The lowest BCUT2D eigenvalue weighted by Gasteiger charge is -2.21. The van der Waals surface area contributed by atoms with Crippen molar-refractivity contribution in [2.75, 3.05) is 39.6 Å². The average Bonchev–Trinajstić information content (AvgIpc) is 3.59. The molecule has 17 nitrogen and oxygen atoms in total. The van der Waals surface area contributed by atoms with Crippen LogP contribution in [0, 0.1) is 5.92 Å². The molecule has 84 heavy (non-hydrogen) atoms. The third-order valence-electron chi connectivity index (χ3n) is 15.0. The molecule has 0 aliphatic carbocycles. The second-order valence-electron chi connectivity index (χ2n) is 24.0. The summed E-state index contributed by atoms with van der Waals surface area (Å²) < 4.78 is 68.0. The van der Waals surface area contributed by atoms with Gasteiger partial charge >= 0.3 is 39.5 Å². The summed E-state index contributed by atoms with van der Waals surface area (Å²) in [6, 6.07) is 0. The number of esters is 4. The summed E-state index contributed by atoms with van der Waals surface area (Å²) >= 11 is 0. The number of hydrogen-bond donors (Lipinski definition) is 3. The molecule has 0 radical (unpaired) electrons. The molecule has 498 valence electrons. The number of aliphatic hydroxyl groups excluding tert-OH is 1. The van der Waals surface area contributed by atoms with E-state index in [1.54, 1.807) is 0 Å². The summed E-state index contributed by atoms with van der Waals surface area (Å²) in [6.07, 6.45) is 42.9. The molecule has 0 aromatic rings. The quantitative estimate of drug-likeness (QED) is 0.0222. The van der Waals surface area contributed by atoms with Gasteiger partial charge in [-0.15, -0.1) is 0 Å². The Bertz CT molecular complexity index is 1640. The van der Waals surface area contributed by atoms with Crippen LogP contribution in [-0.4, -0.2) is 96.7 Å². The van der Waals surface area contributed by atoms with E-state index < -0.39 is 97.5 Å². The molecule has 0 aliphatic heterocycles. The Labute approximate surface area is 511 Å². The van der Waals surface area contributed by atoms with Gasteiger partial charge in [0.25, 0.3) is 0 Å². The molecule has 19 heteroatoms. The Morgan fingerprint density at radius 3 is 0.810 bits per heavy atom. The predicted octanol–water partition coefficient (Wildman–Crippen LogP) is 18.2. The number of carbonyl (C=O) groups is 4. The van der Waals surface area contributed by atoms with Crippen LogP contribution in [0.15, 0.2) is 0 Å². The zero-order chi connectivity index (χ0) is 62.0. The Kier molecular flexibility index (Phi) is 57.4. The topological polar surface area (TPSA) is 237 Å². The molecule has 0 rings (SSSR count). The van der Waals surface area contributed by atoms with Crippen LogP contribution >= 0.6 is 15.6 Å². The maximum atomic E-state index is 13.0. The van der Waals surface area contributed by atoms with Crippen molar-refractivity contribution in [3.05, 3.63) is 0 Å². The fraction of sp³-hybridized carbons (Fsp3) is 0.938. The largest absolute Gasteiger partial charge is 0.472 e. The number of unbranched alkanes of at least 4 members (excludes halogenated alkanes) is 37. The Morgan fingerprint density at radius 1 is 0.321 bits per heavy atom. The summed E-state index contributed by atoms with van der Waals surface area (Å²) in [4.78, 5) is 72.2. The highest BCUT2D eigenvalue weighted by Crippen LogP contribution is 2.45. The monoisotopic (exact) mass is 1240 g/mol. The first-order valence-electron chi connectivity index (χ1n) is 34.1. The first-order valence-corrected chi connectivity index (χ1v) is 37.1. The van der Waals surface area contributed by atoms with Gasteiger partial charge in [-0.05, 0) is 31.6 Å².